The molecule has 2 aromatic carbocycles. The molecular weight excluding hydrogens is 370 g/mol. The van der Waals surface area contributed by atoms with Gasteiger partial charge >= 0.3 is 0 Å². The first-order chi connectivity index (χ1) is 13.6. The van der Waals surface area contributed by atoms with Gasteiger partial charge in [-0.25, -0.2) is 0 Å². The Morgan fingerprint density at radius 2 is 2.04 bits per heavy atom. The van der Waals surface area contributed by atoms with E-state index in [9.17, 15) is 4.79 Å². The Morgan fingerprint density at radius 3 is 2.86 bits per heavy atom. The predicted octanol–water partition coefficient (Wildman–Crippen LogP) is 4.47. The van der Waals surface area contributed by atoms with Crippen molar-refractivity contribution in [3.63, 3.8) is 0 Å². The number of hydrogen-bond donors (Lipinski definition) is 1. The van der Waals surface area contributed by atoms with Crippen LogP contribution in [0.3, 0.4) is 0 Å². The van der Waals surface area contributed by atoms with Gasteiger partial charge in [-0.15, -0.1) is 10.2 Å². The first-order valence-corrected chi connectivity index (χ1v) is 9.75. The molecule has 2 aromatic heterocycles. The lowest BCUT2D eigenvalue weighted by molar-refractivity contribution is 0.102. The summed E-state index contributed by atoms with van der Waals surface area (Å²) in [5.74, 6) is -0.154. The molecule has 6 nitrogen and oxygen atoms in total. The summed E-state index contributed by atoms with van der Waals surface area (Å²) in [5, 5.41) is 13.0. The molecule has 0 saturated heterocycles. The number of benzene rings is 2. The average molecular weight is 389 g/mol. The summed E-state index contributed by atoms with van der Waals surface area (Å²) in [6.45, 7) is 2.11. The molecule has 4 aromatic rings. The maximum Gasteiger partial charge on any atom is 0.255 e. The van der Waals surface area contributed by atoms with E-state index in [-0.39, 0.29) is 11.2 Å². The van der Waals surface area contributed by atoms with Gasteiger partial charge in [0.15, 0.2) is 5.16 Å². The molecule has 28 heavy (non-hydrogen) atoms. The number of hydrogen-bond acceptors (Lipinski definition) is 5. The zero-order valence-corrected chi connectivity index (χ0v) is 16.4. The van der Waals surface area contributed by atoms with Crippen molar-refractivity contribution in [2.45, 2.75) is 17.3 Å². The van der Waals surface area contributed by atoms with Crippen LogP contribution < -0.4 is 5.32 Å². The molecule has 7 heteroatoms. The van der Waals surface area contributed by atoms with Crippen LogP contribution in [0.15, 0.2) is 72.3 Å². The lowest BCUT2D eigenvalue weighted by Gasteiger charge is -2.13. The second-order valence-electron chi connectivity index (χ2n) is 6.47. The Morgan fingerprint density at radius 1 is 1.14 bits per heavy atom. The van der Waals surface area contributed by atoms with Crippen molar-refractivity contribution >= 4 is 34.3 Å². The molecule has 0 fully saturated rings. The number of pyridine rings is 1. The van der Waals surface area contributed by atoms with E-state index < -0.39 is 0 Å². The molecule has 1 N–H and O–H groups in total. The highest BCUT2D eigenvalue weighted by atomic mass is 32.2. The average Bonchev–Trinajstić information content (AvgIpc) is 3.12. The van der Waals surface area contributed by atoms with Crippen molar-refractivity contribution in [3.05, 3.63) is 78.2 Å². The lowest BCUT2D eigenvalue weighted by atomic mass is 10.1. The monoisotopic (exact) mass is 389 g/mol. The van der Waals surface area contributed by atoms with Crippen LogP contribution in [0.2, 0.25) is 0 Å². The first kappa shape index (κ1) is 18.2. The summed E-state index contributed by atoms with van der Waals surface area (Å²) >= 11 is 1.62. The highest BCUT2D eigenvalue weighted by molar-refractivity contribution is 7.99. The van der Waals surface area contributed by atoms with E-state index in [0.29, 0.717) is 5.56 Å². The second-order valence-corrected chi connectivity index (χ2v) is 7.78. The Labute approximate surface area is 167 Å². The molecule has 2 heterocycles. The van der Waals surface area contributed by atoms with Crippen LogP contribution in [0.1, 0.15) is 28.1 Å². The fourth-order valence-corrected chi connectivity index (χ4v) is 3.79. The van der Waals surface area contributed by atoms with Gasteiger partial charge in [-0.2, -0.15) is 0 Å². The maximum absolute atomic E-state index is 12.7. The van der Waals surface area contributed by atoms with Gasteiger partial charge in [-0.3, -0.25) is 9.78 Å². The van der Waals surface area contributed by atoms with Crippen molar-refractivity contribution < 1.29 is 4.79 Å². The summed E-state index contributed by atoms with van der Waals surface area (Å²) in [4.78, 5) is 17.0. The number of aryl methyl sites for hydroxylation is 1. The minimum atomic E-state index is -0.154. The van der Waals surface area contributed by atoms with Crippen LogP contribution in [0.4, 0.5) is 5.69 Å². The van der Waals surface area contributed by atoms with E-state index in [4.69, 9.17) is 0 Å². The number of rotatable bonds is 5. The summed E-state index contributed by atoms with van der Waals surface area (Å²) in [5.41, 5.74) is 3.25. The molecule has 0 bridgehead atoms. The van der Waals surface area contributed by atoms with Crippen LogP contribution in [-0.4, -0.2) is 25.7 Å². The Bertz CT molecular complexity index is 1140. The van der Waals surface area contributed by atoms with Gasteiger partial charge in [-0.05, 0) is 42.8 Å². The molecule has 0 saturated carbocycles. The fourth-order valence-electron chi connectivity index (χ4n) is 2.89. The number of fused-ring (bicyclic) bond motifs is 1. The quantitative estimate of drug-likeness (QED) is 0.510. The molecule has 4 rings (SSSR count). The summed E-state index contributed by atoms with van der Waals surface area (Å²) in [6, 6.07) is 17.3. The SMILES string of the molecule is CC(Sc1nncn1C)c1cccc(NC(=O)c2ccc3cccnc3c2)c1. The number of amides is 1. The summed E-state index contributed by atoms with van der Waals surface area (Å²) in [7, 11) is 1.92. The number of nitrogens with one attached hydrogen (secondary N) is 1. The Hall–Kier alpha value is -3.19. The van der Waals surface area contributed by atoms with E-state index >= 15 is 0 Å². The summed E-state index contributed by atoms with van der Waals surface area (Å²) < 4.78 is 1.89. The molecule has 0 radical (unpaired) electrons. The standard InChI is InChI=1S/C21H19N5OS/c1-14(28-21-25-23-13-26(21)2)16-5-3-7-18(11-16)24-20(27)17-9-8-15-6-4-10-22-19(15)12-17/h3-14H,1-2H3,(H,24,27). The Kier molecular flexibility index (Phi) is 5.08. The largest absolute Gasteiger partial charge is 0.322 e. The fraction of sp³-hybridized carbons (Fsp3) is 0.143. The van der Waals surface area contributed by atoms with Gasteiger partial charge in [0.2, 0.25) is 0 Å². The normalized spacial score (nSPS) is 12.1. The maximum atomic E-state index is 12.7. The van der Waals surface area contributed by atoms with Gasteiger partial charge in [0.25, 0.3) is 5.91 Å². The molecule has 140 valence electrons. The van der Waals surface area contributed by atoms with Crippen molar-refractivity contribution in [2.75, 3.05) is 5.32 Å². The van der Waals surface area contributed by atoms with Gasteiger partial charge in [0.1, 0.15) is 6.33 Å². The minimum absolute atomic E-state index is 0.154. The van der Waals surface area contributed by atoms with E-state index in [1.165, 1.54) is 0 Å². The van der Waals surface area contributed by atoms with Gasteiger partial charge in [0.05, 0.1) is 5.52 Å². The van der Waals surface area contributed by atoms with Crippen molar-refractivity contribution in [3.8, 4) is 0 Å². The molecule has 0 spiro atoms. The summed E-state index contributed by atoms with van der Waals surface area (Å²) in [6.07, 6.45) is 3.41. The van der Waals surface area contributed by atoms with Crippen molar-refractivity contribution in [2.24, 2.45) is 7.05 Å². The molecule has 0 aliphatic heterocycles. The third-order valence-electron chi connectivity index (χ3n) is 4.43. The van der Waals surface area contributed by atoms with Crippen LogP contribution in [0.5, 0.6) is 0 Å². The highest BCUT2D eigenvalue weighted by Crippen LogP contribution is 2.34. The molecule has 0 aliphatic carbocycles. The van der Waals surface area contributed by atoms with Crippen LogP contribution in [0, 0.1) is 0 Å². The first-order valence-electron chi connectivity index (χ1n) is 8.87. The number of carbonyl (C=O) groups is 1. The van der Waals surface area contributed by atoms with Crippen LogP contribution >= 0.6 is 11.8 Å². The van der Waals surface area contributed by atoms with E-state index in [1.807, 2.05) is 60.1 Å². The number of thioether (sulfide) groups is 1. The minimum Gasteiger partial charge on any atom is -0.322 e. The van der Waals surface area contributed by atoms with Gasteiger partial charge in [0, 0.05) is 35.1 Å². The molecule has 1 amide bonds. The number of anilines is 1. The molecule has 1 unspecified atom stereocenters. The second kappa shape index (κ2) is 7.82. The number of carbonyl (C=O) groups excluding carboxylic acids is 1. The molecule has 0 aliphatic rings. The third kappa shape index (κ3) is 3.89. The van der Waals surface area contributed by atoms with E-state index in [2.05, 4.69) is 27.4 Å². The van der Waals surface area contributed by atoms with Crippen molar-refractivity contribution in [1.82, 2.24) is 19.7 Å². The van der Waals surface area contributed by atoms with Gasteiger partial charge in [-0.1, -0.05) is 36.0 Å². The van der Waals surface area contributed by atoms with Crippen molar-refractivity contribution in [1.29, 1.82) is 0 Å². The van der Waals surface area contributed by atoms with Crippen LogP contribution in [0.25, 0.3) is 10.9 Å². The molecule has 1 atom stereocenters. The third-order valence-corrected chi connectivity index (χ3v) is 5.64. The lowest BCUT2D eigenvalue weighted by Crippen LogP contribution is -2.12. The van der Waals surface area contributed by atoms with E-state index in [0.717, 1.165) is 27.3 Å². The predicted molar refractivity (Wildman–Crippen MR) is 111 cm³/mol. The topological polar surface area (TPSA) is 72.7 Å². The number of nitrogens with zero attached hydrogens (tertiary/aromatic N) is 4. The van der Waals surface area contributed by atoms with Crippen LogP contribution in [-0.2, 0) is 7.05 Å². The number of aromatic nitrogens is 4. The smallest absolute Gasteiger partial charge is 0.255 e. The highest BCUT2D eigenvalue weighted by Gasteiger charge is 2.13. The zero-order chi connectivity index (χ0) is 19.5. The molecular formula is C21H19N5OS. The zero-order valence-electron chi connectivity index (χ0n) is 15.5. The van der Waals surface area contributed by atoms with E-state index in [1.54, 1.807) is 30.4 Å². The Balaban J connectivity index is 1.50. The van der Waals surface area contributed by atoms with Gasteiger partial charge < -0.3 is 9.88 Å².